The van der Waals surface area contributed by atoms with E-state index in [1.165, 1.54) is 7.11 Å². The van der Waals surface area contributed by atoms with Crippen LogP contribution in [0.4, 0.5) is 0 Å². The molecule has 1 amide bonds. The Bertz CT molecular complexity index is 433. The zero-order valence-electron chi connectivity index (χ0n) is 11.9. The van der Waals surface area contributed by atoms with Crippen molar-refractivity contribution in [3.8, 4) is 0 Å². The number of carboxylic acids is 1. The van der Waals surface area contributed by atoms with Crippen molar-refractivity contribution in [2.75, 3.05) is 26.8 Å². The molecule has 1 rings (SSSR count). The van der Waals surface area contributed by atoms with Gasteiger partial charge in [-0.3, -0.25) is 9.59 Å². The normalized spacial score (nSPS) is 11.9. The number of methoxy groups -OCH3 is 1. The van der Waals surface area contributed by atoms with Gasteiger partial charge in [-0.2, -0.15) is 0 Å². The average molecular weight is 279 g/mol. The number of amides is 1. The van der Waals surface area contributed by atoms with Crippen LogP contribution in [0, 0.1) is 5.92 Å². The lowest BCUT2D eigenvalue weighted by Crippen LogP contribution is -2.40. The fourth-order valence-electron chi connectivity index (χ4n) is 1.85. The quantitative estimate of drug-likeness (QED) is 0.781. The summed E-state index contributed by atoms with van der Waals surface area (Å²) < 4.78 is 4.84. The van der Waals surface area contributed by atoms with Crippen molar-refractivity contribution in [3.63, 3.8) is 0 Å². The second kappa shape index (κ2) is 8.32. The minimum atomic E-state index is -0.903. The highest BCUT2D eigenvalue weighted by Crippen LogP contribution is 2.05. The van der Waals surface area contributed by atoms with E-state index < -0.39 is 11.9 Å². The molecule has 0 aliphatic rings. The zero-order valence-corrected chi connectivity index (χ0v) is 11.9. The summed E-state index contributed by atoms with van der Waals surface area (Å²) in [6, 6.07) is 9.79. The van der Waals surface area contributed by atoms with Crippen molar-refractivity contribution in [3.05, 3.63) is 35.9 Å². The number of hydrogen-bond donors (Lipinski definition) is 1. The Morgan fingerprint density at radius 1 is 1.30 bits per heavy atom. The molecule has 0 fully saturated rings. The van der Waals surface area contributed by atoms with E-state index in [1.807, 2.05) is 30.3 Å². The number of ether oxygens (including phenoxy) is 1. The van der Waals surface area contributed by atoms with Crippen molar-refractivity contribution in [2.45, 2.75) is 13.3 Å². The van der Waals surface area contributed by atoms with Crippen LogP contribution in [0.3, 0.4) is 0 Å². The van der Waals surface area contributed by atoms with Gasteiger partial charge in [0.05, 0.1) is 5.92 Å². The van der Waals surface area contributed by atoms with Gasteiger partial charge in [0.25, 0.3) is 0 Å². The fourth-order valence-corrected chi connectivity index (χ4v) is 1.85. The SMILES string of the molecule is COCC(=O)N(CCc1ccccc1)CC(C)C(=O)O. The predicted molar refractivity (Wildman–Crippen MR) is 75.4 cm³/mol. The first-order chi connectivity index (χ1) is 9.54. The summed E-state index contributed by atoms with van der Waals surface area (Å²) in [7, 11) is 1.45. The molecule has 5 nitrogen and oxygen atoms in total. The van der Waals surface area contributed by atoms with E-state index in [4.69, 9.17) is 9.84 Å². The summed E-state index contributed by atoms with van der Waals surface area (Å²) in [6.45, 7) is 2.26. The van der Waals surface area contributed by atoms with Gasteiger partial charge in [-0.15, -0.1) is 0 Å². The van der Waals surface area contributed by atoms with E-state index in [-0.39, 0.29) is 19.1 Å². The molecule has 0 bridgehead atoms. The van der Waals surface area contributed by atoms with Crippen molar-refractivity contribution >= 4 is 11.9 Å². The van der Waals surface area contributed by atoms with E-state index in [1.54, 1.807) is 11.8 Å². The lowest BCUT2D eigenvalue weighted by molar-refractivity contribution is -0.143. The van der Waals surface area contributed by atoms with Crippen LogP contribution in [-0.2, 0) is 20.7 Å². The molecular formula is C15H21NO4. The molecule has 0 radical (unpaired) electrons. The average Bonchev–Trinajstić information content (AvgIpc) is 2.44. The smallest absolute Gasteiger partial charge is 0.308 e. The van der Waals surface area contributed by atoms with Gasteiger partial charge in [0.2, 0.25) is 5.91 Å². The number of carbonyl (C=O) groups is 2. The van der Waals surface area contributed by atoms with Gasteiger partial charge in [0.15, 0.2) is 0 Å². The first-order valence-corrected chi connectivity index (χ1v) is 6.58. The van der Waals surface area contributed by atoms with Crippen molar-refractivity contribution in [2.24, 2.45) is 5.92 Å². The molecule has 110 valence electrons. The third-order valence-corrected chi connectivity index (χ3v) is 3.05. The third kappa shape index (κ3) is 5.40. The summed E-state index contributed by atoms with van der Waals surface area (Å²) >= 11 is 0. The van der Waals surface area contributed by atoms with Crippen LogP contribution in [-0.4, -0.2) is 48.7 Å². The maximum atomic E-state index is 11.9. The zero-order chi connectivity index (χ0) is 15.0. The fraction of sp³-hybridized carbons (Fsp3) is 0.467. The van der Waals surface area contributed by atoms with Crippen molar-refractivity contribution in [1.29, 1.82) is 0 Å². The van der Waals surface area contributed by atoms with Crippen LogP contribution in [0.1, 0.15) is 12.5 Å². The van der Waals surface area contributed by atoms with E-state index in [0.717, 1.165) is 5.56 Å². The summed E-state index contributed by atoms with van der Waals surface area (Å²) in [4.78, 5) is 24.4. The number of nitrogens with zero attached hydrogens (tertiary/aromatic N) is 1. The molecule has 0 aromatic heterocycles. The minimum absolute atomic E-state index is 0.0267. The second-order valence-corrected chi connectivity index (χ2v) is 4.75. The van der Waals surface area contributed by atoms with Gasteiger partial charge in [-0.1, -0.05) is 37.3 Å². The van der Waals surface area contributed by atoms with Crippen LogP contribution in [0.2, 0.25) is 0 Å². The van der Waals surface area contributed by atoms with E-state index in [2.05, 4.69) is 0 Å². The maximum Gasteiger partial charge on any atom is 0.308 e. The monoisotopic (exact) mass is 279 g/mol. The molecule has 0 saturated heterocycles. The molecule has 5 heteroatoms. The minimum Gasteiger partial charge on any atom is -0.481 e. The second-order valence-electron chi connectivity index (χ2n) is 4.75. The molecule has 0 spiro atoms. The van der Waals surface area contributed by atoms with Crippen molar-refractivity contribution < 1.29 is 19.4 Å². The molecule has 1 N–H and O–H groups in total. The molecule has 0 aliphatic carbocycles. The lowest BCUT2D eigenvalue weighted by atomic mass is 10.1. The number of aliphatic carboxylic acids is 1. The molecule has 0 heterocycles. The van der Waals surface area contributed by atoms with Gasteiger partial charge in [0.1, 0.15) is 6.61 Å². The summed E-state index contributed by atoms with van der Waals surface area (Å²) in [5, 5.41) is 8.96. The first-order valence-electron chi connectivity index (χ1n) is 6.58. The Kier molecular flexibility index (Phi) is 6.73. The van der Waals surface area contributed by atoms with Crippen LogP contribution in [0.15, 0.2) is 30.3 Å². The Labute approximate surface area is 119 Å². The number of rotatable bonds is 8. The first kappa shape index (κ1) is 16.2. The van der Waals surface area contributed by atoms with Crippen LogP contribution in [0.25, 0.3) is 0 Å². The van der Waals surface area contributed by atoms with E-state index >= 15 is 0 Å². The van der Waals surface area contributed by atoms with Gasteiger partial charge in [-0.05, 0) is 12.0 Å². The Hall–Kier alpha value is -1.88. The van der Waals surface area contributed by atoms with Gasteiger partial charge < -0.3 is 14.7 Å². The van der Waals surface area contributed by atoms with Crippen LogP contribution < -0.4 is 0 Å². The van der Waals surface area contributed by atoms with Crippen LogP contribution >= 0.6 is 0 Å². The largest absolute Gasteiger partial charge is 0.481 e. The van der Waals surface area contributed by atoms with E-state index in [9.17, 15) is 9.59 Å². The van der Waals surface area contributed by atoms with Crippen molar-refractivity contribution in [1.82, 2.24) is 4.90 Å². The van der Waals surface area contributed by atoms with Gasteiger partial charge >= 0.3 is 5.97 Å². The highest BCUT2D eigenvalue weighted by Gasteiger charge is 2.20. The van der Waals surface area contributed by atoms with E-state index in [0.29, 0.717) is 13.0 Å². The summed E-state index contributed by atoms with van der Waals surface area (Å²) in [5.41, 5.74) is 1.12. The number of carbonyl (C=O) groups excluding carboxylic acids is 1. The molecule has 0 saturated carbocycles. The molecule has 20 heavy (non-hydrogen) atoms. The topological polar surface area (TPSA) is 66.8 Å². The standard InChI is InChI=1S/C15H21NO4/c1-12(15(18)19)10-16(14(17)11-20-2)9-8-13-6-4-3-5-7-13/h3-7,12H,8-11H2,1-2H3,(H,18,19). The molecule has 1 aromatic carbocycles. The Morgan fingerprint density at radius 3 is 2.50 bits per heavy atom. The highest BCUT2D eigenvalue weighted by atomic mass is 16.5. The molecule has 0 aliphatic heterocycles. The number of benzene rings is 1. The van der Waals surface area contributed by atoms with Gasteiger partial charge in [0, 0.05) is 20.2 Å². The molecule has 1 atom stereocenters. The lowest BCUT2D eigenvalue weighted by Gasteiger charge is -2.24. The molecule has 1 aromatic rings. The number of carboxylic acid groups (broad SMARTS) is 1. The maximum absolute atomic E-state index is 11.9. The highest BCUT2D eigenvalue weighted by molar-refractivity contribution is 5.78. The Morgan fingerprint density at radius 2 is 1.95 bits per heavy atom. The third-order valence-electron chi connectivity index (χ3n) is 3.05. The molecule has 1 unspecified atom stereocenters. The number of hydrogen-bond acceptors (Lipinski definition) is 3. The predicted octanol–water partition coefficient (Wildman–Crippen LogP) is 1.42. The molecular weight excluding hydrogens is 258 g/mol. The Balaban J connectivity index is 2.62. The van der Waals surface area contributed by atoms with Gasteiger partial charge in [-0.25, -0.2) is 0 Å². The summed E-state index contributed by atoms with van der Waals surface area (Å²) in [6.07, 6.45) is 0.697. The van der Waals surface area contributed by atoms with Crippen LogP contribution in [0.5, 0.6) is 0 Å². The summed E-state index contributed by atoms with van der Waals surface area (Å²) in [5.74, 6) is -1.68.